The summed E-state index contributed by atoms with van der Waals surface area (Å²) in [5.41, 5.74) is 3.06. The van der Waals surface area contributed by atoms with E-state index >= 15 is 0 Å². The Labute approximate surface area is 123 Å². The third-order valence-corrected chi connectivity index (χ3v) is 4.33. The van der Waals surface area contributed by atoms with Crippen molar-refractivity contribution in [1.82, 2.24) is 20.2 Å². The topological polar surface area (TPSA) is 54.5 Å². The van der Waals surface area contributed by atoms with Gasteiger partial charge in [0.2, 0.25) is 0 Å². The molecule has 0 saturated heterocycles. The summed E-state index contributed by atoms with van der Waals surface area (Å²) in [6.07, 6.45) is 5.06. The minimum absolute atomic E-state index is 0.556. The average molecular weight is 278 g/mol. The molecule has 1 fully saturated rings. The van der Waals surface area contributed by atoms with E-state index in [9.17, 15) is 0 Å². The van der Waals surface area contributed by atoms with E-state index in [1.165, 1.54) is 25.7 Å². The van der Waals surface area contributed by atoms with E-state index in [2.05, 4.69) is 27.3 Å². The summed E-state index contributed by atoms with van der Waals surface area (Å²) in [6, 6.07) is 10.2. The highest BCUT2D eigenvalue weighted by molar-refractivity contribution is 5.92. The summed E-state index contributed by atoms with van der Waals surface area (Å²) in [4.78, 5) is 9.34. The number of nitrogens with one attached hydrogen (secondary N) is 1. The van der Waals surface area contributed by atoms with Crippen molar-refractivity contribution < 1.29 is 0 Å². The molecular formula is C17H18N4. The van der Waals surface area contributed by atoms with Crippen LogP contribution < -0.4 is 0 Å². The number of hydrogen-bond acceptors (Lipinski definition) is 3. The SMILES string of the molecule is Cc1cc(-c2n[nH]c(C3CCCC3)n2)c2ccccc2n1. The van der Waals surface area contributed by atoms with E-state index in [0.29, 0.717) is 5.92 Å². The molecule has 4 nitrogen and oxygen atoms in total. The molecule has 0 bridgehead atoms. The molecule has 4 heteroatoms. The molecule has 1 aromatic carbocycles. The lowest BCUT2D eigenvalue weighted by Crippen LogP contribution is -1.95. The van der Waals surface area contributed by atoms with Gasteiger partial charge in [-0.1, -0.05) is 31.0 Å². The first-order valence-corrected chi connectivity index (χ1v) is 7.60. The van der Waals surface area contributed by atoms with Crippen LogP contribution in [-0.4, -0.2) is 20.2 Å². The summed E-state index contributed by atoms with van der Waals surface area (Å²) in [6.45, 7) is 2.01. The van der Waals surface area contributed by atoms with Crippen LogP contribution in [0.2, 0.25) is 0 Å². The van der Waals surface area contributed by atoms with Crippen LogP contribution in [0.25, 0.3) is 22.3 Å². The van der Waals surface area contributed by atoms with Crippen LogP contribution >= 0.6 is 0 Å². The molecule has 0 spiro atoms. The van der Waals surface area contributed by atoms with Gasteiger partial charge in [-0.25, -0.2) is 4.98 Å². The van der Waals surface area contributed by atoms with Gasteiger partial charge in [-0.15, -0.1) is 0 Å². The van der Waals surface area contributed by atoms with Crippen LogP contribution in [0.1, 0.15) is 43.1 Å². The Kier molecular flexibility index (Phi) is 2.95. The monoisotopic (exact) mass is 278 g/mol. The van der Waals surface area contributed by atoms with Crippen LogP contribution in [0.15, 0.2) is 30.3 Å². The van der Waals surface area contributed by atoms with Crippen LogP contribution in [-0.2, 0) is 0 Å². The Morgan fingerprint density at radius 3 is 2.76 bits per heavy atom. The first kappa shape index (κ1) is 12.5. The van der Waals surface area contributed by atoms with Crippen LogP contribution in [0.5, 0.6) is 0 Å². The highest BCUT2D eigenvalue weighted by Gasteiger charge is 2.21. The number of hydrogen-bond donors (Lipinski definition) is 1. The number of aryl methyl sites for hydroxylation is 1. The quantitative estimate of drug-likeness (QED) is 0.771. The third kappa shape index (κ3) is 2.20. The number of fused-ring (bicyclic) bond motifs is 1. The highest BCUT2D eigenvalue weighted by Crippen LogP contribution is 2.33. The van der Waals surface area contributed by atoms with Crippen molar-refractivity contribution in [2.75, 3.05) is 0 Å². The average Bonchev–Trinajstić information content (AvgIpc) is 3.17. The van der Waals surface area contributed by atoms with Crippen LogP contribution in [0, 0.1) is 6.92 Å². The summed E-state index contributed by atoms with van der Waals surface area (Å²) < 4.78 is 0. The number of nitrogens with zero attached hydrogens (tertiary/aromatic N) is 3. The van der Waals surface area contributed by atoms with Crippen molar-refractivity contribution in [3.63, 3.8) is 0 Å². The molecule has 4 rings (SSSR count). The largest absolute Gasteiger partial charge is 0.262 e. The van der Waals surface area contributed by atoms with Crippen molar-refractivity contribution in [2.24, 2.45) is 0 Å². The molecular weight excluding hydrogens is 260 g/mol. The predicted octanol–water partition coefficient (Wildman–Crippen LogP) is 3.99. The molecule has 0 amide bonds. The Balaban J connectivity index is 1.82. The third-order valence-electron chi connectivity index (χ3n) is 4.33. The van der Waals surface area contributed by atoms with Crippen molar-refractivity contribution >= 4 is 10.9 Å². The zero-order valence-corrected chi connectivity index (χ0v) is 12.1. The maximum atomic E-state index is 4.76. The normalized spacial score (nSPS) is 15.9. The second-order valence-electron chi connectivity index (χ2n) is 5.85. The van der Waals surface area contributed by atoms with Crippen molar-refractivity contribution in [3.05, 3.63) is 41.9 Å². The number of aromatic nitrogens is 4. The molecule has 1 aliphatic rings. The number of rotatable bonds is 2. The summed E-state index contributed by atoms with van der Waals surface area (Å²) in [7, 11) is 0. The number of H-pyrrole nitrogens is 1. The summed E-state index contributed by atoms with van der Waals surface area (Å²) >= 11 is 0. The molecule has 0 radical (unpaired) electrons. The molecule has 1 aliphatic carbocycles. The number of aromatic amines is 1. The minimum atomic E-state index is 0.556. The molecule has 0 unspecified atom stereocenters. The van der Waals surface area contributed by atoms with E-state index in [1.54, 1.807) is 0 Å². The van der Waals surface area contributed by atoms with Gasteiger partial charge in [0.15, 0.2) is 5.82 Å². The Hall–Kier alpha value is -2.23. The molecule has 0 aliphatic heterocycles. The van der Waals surface area contributed by atoms with E-state index in [0.717, 1.165) is 33.8 Å². The van der Waals surface area contributed by atoms with Gasteiger partial charge in [-0.2, -0.15) is 5.10 Å². The van der Waals surface area contributed by atoms with E-state index in [4.69, 9.17) is 4.98 Å². The van der Waals surface area contributed by atoms with Gasteiger partial charge in [0.1, 0.15) is 5.82 Å². The fraction of sp³-hybridized carbons (Fsp3) is 0.353. The minimum Gasteiger partial charge on any atom is -0.262 e. The molecule has 3 aromatic rings. The van der Waals surface area contributed by atoms with Gasteiger partial charge < -0.3 is 0 Å². The molecule has 21 heavy (non-hydrogen) atoms. The van der Waals surface area contributed by atoms with E-state index < -0.39 is 0 Å². The van der Waals surface area contributed by atoms with Crippen LogP contribution in [0.3, 0.4) is 0 Å². The van der Waals surface area contributed by atoms with Crippen molar-refractivity contribution in [2.45, 2.75) is 38.5 Å². The molecule has 2 heterocycles. The summed E-state index contributed by atoms with van der Waals surface area (Å²) in [5.74, 6) is 2.39. The maximum absolute atomic E-state index is 4.76. The fourth-order valence-corrected chi connectivity index (χ4v) is 3.27. The first-order valence-electron chi connectivity index (χ1n) is 7.60. The number of para-hydroxylation sites is 1. The zero-order chi connectivity index (χ0) is 14.2. The number of pyridine rings is 1. The summed E-state index contributed by atoms with van der Waals surface area (Å²) in [5, 5.41) is 8.72. The number of benzene rings is 1. The standard InChI is InChI=1S/C17H18N4/c1-11-10-14(13-8-4-5-9-15(13)18-11)17-19-16(20-21-17)12-6-2-3-7-12/h4-5,8-10,12H,2-3,6-7H2,1H3,(H,19,20,21). The Morgan fingerprint density at radius 1 is 1.10 bits per heavy atom. The van der Waals surface area contributed by atoms with Crippen molar-refractivity contribution in [1.29, 1.82) is 0 Å². The predicted molar refractivity (Wildman–Crippen MR) is 83.1 cm³/mol. The maximum Gasteiger partial charge on any atom is 0.181 e. The smallest absolute Gasteiger partial charge is 0.181 e. The molecule has 2 aromatic heterocycles. The molecule has 1 N–H and O–H groups in total. The second-order valence-corrected chi connectivity index (χ2v) is 5.85. The van der Waals surface area contributed by atoms with Gasteiger partial charge in [0.05, 0.1) is 5.52 Å². The lowest BCUT2D eigenvalue weighted by atomic mass is 10.1. The van der Waals surface area contributed by atoms with Gasteiger partial charge >= 0.3 is 0 Å². The zero-order valence-electron chi connectivity index (χ0n) is 12.1. The highest BCUT2D eigenvalue weighted by atomic mass is 15.2. The first-order chi connectivity index (χ1) is 10.3. The Bertz CT molecular complexity index is 784. The van der Waals surface area contributed by atoms with Gasteiger partial charge in [0, 0.05) is 22.6 Å². The second kappa shape index (κ2) is 4.95. The van der Waals surface area contributed by atoms with Crippen LogP contribution in [0.4, 0.5) is 0 Å². The lowest BCUT2D eigenvalue weighted by molar-refractivity contribution is 0.672. The van der Waals surface area contributed by atoms with Gasteiger partial charge in [0.25, 0.3) is 0 Å². The van der Waals surface area contributed by atoms with E-state index in [-0.39, 0.29) is 0 Å². The molecule has 1 saturated carbocycles. The Morgan fingerprint density at radius 2 is 1.90 bits per heavy atom. The molecule has 0 atom stereocenters. The molecule has 106 valence electrons. The van der Waals surface area contributed by atoms with Crippen molar-refractivity contribution in [3.8, 4) is 11.4 Å². The lowest BCUT2D eigenvalue weighted by Gasteiger charge is -2.05. The van der Waals surface area contributed by atoms with Gasteiger partial charge in [-0.05, 0) is 31.9 Å². The van der Waals surface area contributed by atoms with E-state index in [1.807, 2.05) is 25.1 Å². The van der Waals surface area contributed by atoms with Gasteiger partial charge in [-0.3, -0.25) is 10.1 Å². The fourth-order valence-electron chi connectivity index (χ4n) is 3.27.